The van der Waals surface area contributed by atoms with Gasteiger partial charge in [0, 0.05) is 18.2 Å². The van der Waals surface area contributed by atoms with E-state index in [2.05, 4.69) is 28.6 Å². The van der Waals surface area contributed by atoms with Gasteiger partial charge in [0.1, 0.15) is 5.75 Å². The van der Waals surface area contributed by atoms with Gasteiger partial charge >= 0.3 is 6.36 Å². The van der Waals surface area contributed by atoms with Crippen LogP contribution in [0.2, 0.25) is 0 Å². The lowest BCUT2D eigenvalue weighted by atomic mass is 9.98. The second-order valence-electron chi connectivity index (χ2n) is 6.02. The second-order valence-corrected chi connectivity index (χ2v) is 6.02. The first-order valence-electron chi connectivity index (χ1n) is 7.98. The molecule has 1 aromatic carbocycles. The second kappa shape index (κ2) is 10.5. The number of nitrogens with zero attached hydrogens (tertiary/aromatic N) is 3. The topological polar surface area (TPSA) is 89.2 Å². The molecule has 27 heavy (non-hydrogen) atoms. The highest BCUT2D eigenvalue weighted by Gasteiger charge is 2.31. The van der Waals surface area contributed by atoms with E-state index in [-0.39, 0.29) is 60.3 Å². The Morgan fingerprint density at radius 3 is 2.30 bits per heavy atom. The average molecular weight is 430 g/mol. The molecule has 1 aliphatic rings. The van der Waals surface area contributed by atoms with Gasteiger partial charge in [0.2, 0.25) is 5.96 Å². The van der Waals surface area contributed by atoms with Gasteiger partial charge in [-0.05, 0) is 45.2 Å². The molecule has 0 bridgehead atoms. The van der Waals surface area contributed by atoms with Gasteiger partial charge in [-0.25, -0.2) is 4.99 Å². The summed E-state index contributed by atoms with van der Waals surface area (Å²) in [6.07, 6.45) is -1.62. The van der Waals surface area contributed by atoms with Crippen molar-refractivity contribution in [2.24, 2.45) is 21.5 Å². The molecule has 2 atom stereocenters. The molecule has 1 heterocycles. The molecule has 1 aromatic rings. The van der Waals surface area contributed by atoms with Crippen LogP contribution in [0.5, 0.6) is 5.75 Å². The first-order valence-corrected chi connectivity index (χ1v) is 7.98. The first kappa shape index (κ1) is 25.1. The van der Waals surface area contributed by atoms with E-state index >= 15 is 0 Å². The number of piperidine rings is 1. The summed E-state index contributed by atoms with van der Waals surface area (Å²) in [5.41, 5.74) is 12.0. The van der Waals surface area contributed by atoms with Crippen LogP contribution in [0.4, 0.5) is 18.9 Å². The van der Waals surface area contributed by atoms with E-state index in [0.29, 0.717) is 0 Å². The Kier molecular flexibility index (Phi) is 9.74. The number of nitrogens with two attached hydrogens (primary N) is 2. The van der Waals surface area contributed by atoms with Crippen LogP contribution in [-0.4, -0.2) is 35.3 Å². The van der Waals surface area contributed by atoms with Gasteiger partial charge in [0.15, 0.2) is 5.96 Å². The molecule has 6 nitrogen and oxygen atoms in total. The third kappa shape index (κ3) is 7.72. The summed E-state index contributed by atoms with van der Waals surface area (Å²) in [6, 6.07) is 5.66. The Labute approximate surface area is 168 Å². The van der Waals surface area contributed by atoms with Gasteiger partial charge in [-0.1, -0.05) is 6.07 Å². The number of hydrogen-bond acceptors (Lipinski definition) is 2. The molecule has 0 amide bonds. The van der Waals surface area contributed by atoms with Crippen LogP contribution in [0, 0.1) is 0 Å². The van der Waals surface area contributed by atoms with Gasteiger partial charge < -0.3 is 21.1 Å². The zero-order valence-corrected chi connectivity index (χ0v) is 16.6. The number of hydrogen-bond donors (Lipinski definition) is 2. The molecule has 1 saturated heterocycles. The van der Waals surface area contributed by atoms with Crippen molar-refractivity contribution in [1.82, 2.24) is 4.90 Å². The summed E-state index contributed by atoms with van der Waals surface area (Å²) in [6.45, 7) is 4.12. The molecule has 0 spiro atoms. The number of halogens is 5. The molecule has 11 heteroatoms. The van der Waals surface area contributed by atoms with Crippen molar-refractivity contribution in [3.63, 3.8) is 0 Å². The standard InChI is InChI=1S/C16H22F3N5O.2ClH/c1-10-5-3-6-11(2)24(10)15(21)23-14(20)22-12-7-4-8-13(9-12)25-16(17,18)19;;/h4,7-11H,3,5-6H2,1-2H3,(H4,20,21,22,23);2*1H. The molecule has 4 N–H and O–H groups in total. The van der Waals surface area contributed by atoms with Crippen LogP contribution in [0.3, 0.4) is 0 Å². The van der Waals surface area contributed by atoms with Crippen LogP contribution < -0.4 is 16.2 Å². The maximum Gasteiger partial charge on any atom is 0.573 e. The van der Waals surface area contributed by atoms with Crippen molar-refractivity contribution in [2.75, 3.05) is 0 Å². The Hall–Kier alpha value is -1.87. The minimum Gasteiger partial charge on any atom is -0.406 e. The first-order chi connectivity index (χ1) is 11.7. The van der Waals surface area contributed by atoms with Crippen molar-refractivity contribution >= 4 is 42.4 Å². The van der Waals surface area contributed by atoms with E-state index in [0.717, 1.165) is 25.3 Å². The fourth-order valence-corrected chi connectivity index (χ4v) is 2.96. The van der Waals surface area contributed by atoms with Crippen LogP contribution in [0.15, 0.2) is 34.3 Å². The molecular weight excluding hydrogens is 406 g/mol. The number of guanidine groups is 2. The van der Waals surface area contributed by atoms with Gasteiger partial charge in [0.05, 0.1) is 5.69 Å². The Morgan fingerprint density at radius 2 is 1.74 bits per heavy atom. The third-order valence-electron chi connectivity index (χ3n) is 3.98. The summed E-state index contributed by atoms with van der Waals surface area (Å²) >= 11 is 0. The van der Waals surface area contributed by atoms with Crippen molar-refractivity contribution < 1.29 is 17.9 Å². The summed E-state index contributed by atoms with van der Waals surface area (Å²) in [7, 11) is 0. The summed E-state index contributed by atoms with van der Waals surface area (Å²) in [5.74, 6) is -0.257. The molecular formula is C16H24Cl2F3N5O. The minimum absolute atomic E-state index is 0. The van der Waals surface area contributed by atoms with Crippen molar-refractivity contribution in [1.29, 1.82) is 0 Å². The molecule has 1 fully saturated rings. The predicted molar refractivity (Wildman–Crippen MR) is 105 cm³/mol. The quantitative estimate of drug-likeness (QED) is 0.549. The molecule has 2 rings (SSSR count). The smallest absolute Gasteiger partial charge is 0.406 e. The zero-order valence-electron chi connectivity index (χ0n) is 14.9. The number of ether oxygens (including phenoxy) is 1. The Balaban J connectivity index is 0.00000338. The van der Waals surface area contributed by atoms with E-state index in [1.54, 1.807) is 0 Å². The molecule has 0 radical (unpaired) electrons. The molecule has 0 aromatic heterocycles. The zero-order chi connectivity index (χ0) is 18.6. The van der Waals surface area contributed by atoms with Crippen LogP contribution in [0.25, 0.3) is 0 Å². The van der Waals surface area contributed by atoms with Crippen molar-refractivity contribution in [2.45, 2.75) is 51.6 Å². The summed E-state index contributed by atoms with van der Waals surface area (Å²) < 4.78 is 40.6. The van der Waals surface area contributed by atoms with Crippen LogP contribution in [0.1, 0.15) is 33.1 Å². The van der Waals surface area contributed by atoms with Gasteiger partial charge in [-0.15, -0.1) is 38.0 Å². The molecule has 0 saturated carbocycles. The average Bonchev–Trinajstić information content (AvgIpc) is 2.45. The normalized spacial score (nSPS) is 21.1. The maximum atomic E-state index is 12.3. The Bertz CT molecular complexity index is 660. The number of rotatable bonds is 2. The van der Waals surface area contributed by atoms with E-state index < -0.39 is 6.36 Å². The number of alkyl halides is 3. The summed E-state index contributed by atoms with van der Waals surface area (Å²) in [4.78, 5) is 10.1. The highest BCUT2D eigenvalue weighted by Crippen LogP contribution is 2.26. The molecule has 0 aliphatic carbocycles. The van der Waals surface area contributed by atoms with Gasteiger partial charge in [0.25, 0.3) is 0 Å². The largest absolute Gasteiger partial charge is 0.573 e. The number of benzene rings is 1. The fraction of sp³-hybridized carbons (Fsp3) is 0.500. The highest BCUT2D eigenvalue weighted by atomic mass is 35.5. The molecule has 154 valence electrons. The van der Waals surface area contributed by atoms with Gasteiger partial charge in [-0.3, -0.25) is 0 Å². The lowest BCUT2D eigenvalue weighted by Crippen LogP contribution is -2.51. The van der Waals surface area contributed by atoms with Gasteiger partial charge in [-0.2, -0.15) is 4.99 Å². The Morgan fingerprint density at radius 1 is 1.15 bits per heavy atom. The predicted octanol–water partition coefficient (Wildman–Crippen LogP) is 3.95. The van der Waals surface area contributed by atoms with Crippen LogP contribution >= 0.6 is 24.8 Å². The minimum atomic E-state index is -4.77. The lowest BCUT2D eigenvalue weighted by Gasteiger charge is -2.39. The lowest BCUT2D eigenvalue weighted by molar-refractivity contribution is -0.274. The SMILES string of the molecule is CC1CCCC(C)N1/C(N)=N/C(N)=Nc1cccc(OC(F)(F)F)c1.Cl.Cl. The molecule has 1 aliphatic heterocycles. The number of aliphatic imine (C=N–C) groups is 2. The maximum absolute atomic E-state index is 12.3. The van der Waals surface area contributed by atoms with Crippen LogP contribution in [-0.2, 0) is 0 Å². The number of likely N-dealkylation sites (tertiary alicyclic amines) is 1. The van der Waals surface area contributed by atoms with E-state index in [1.165, 1.54) is 18.2 Å². The van der Waals surface area contributed by atoms with E-state index in [4.69, 9.17) is 11.5 Å². The van der Waals surface area contributed by atoms with Crippen molar-refractivity contribution in [3.05, 3.63) is 24.3 Å². The van der Waals surface area contributed by atoms with E-state index in [1.807, 2.05) is 4.90 Å². The van der Waals surface area contributed by atoms with Crippen molar-refractivity contribution in [3.8, 4) is 5.75 Å². The summed E-state index contributed by atoms with van der Waals surface area (Å²) in [5, 5.41) is 0. The third-order valence-corrected chi connectivity index (χ3v) is 3.98. The van der Waals surface area contributed by atoms with E-state index in [9.17, 15) is 13.2 Å². The highest BCUT2D eigenvalue weighted by molar-refractivity contribution is 5.94. The monoisotopic (exact) mass is 429 g/mol. The molecule has 2 unspecified atom stereocenters. The fourth-order valence-electron chi connectivity index (χ4n) is 2.96.